The van der Waals surface area contributed by atoms with E-state index < -0.39 is 5.97 Å². The zero-order chi connectivity index (χ0) is 20.4. The van der Waals surface area contributed by atoms with Crippen LogP contribution >= 0.6 is 0 Å². The van der Waals surface area contributed by atoms with E-state index in [1.54, 1.807) is 12.0 Å². The van der Waals surface area contributed by atoms with E-state index in [9.17, 15) is 9.59 Å². The van der Waals surface area contributed by atoms with Crippen molar-refractivity contribution in [1.29, 1.82) is 0 Å². The second-order valence-corrected chi connectivity index (χ2v) is 6.61. The fourth-order valence-electron chi connectivity index (χ4n) is 3.37. The molecule has 1 aromatic carbocycles. The quantitative estimate of drug-likeness (QED) is 0.642. The van der Waals surface area contributed by atoms with Crippen molar-refractivity contribution in [3.8, 4) is 17.1 Å². The molecule has 10 heteroatoms. The third-order valence-electron chi connectivity index (χ3n) is 4.86. The number of fused-ring (bicyclic) bond motifs is 1. The van der Waals surface area contributed by atoms with Crippen LogP contribution in [0.4, 0.5) is 0 Å². The van der Waals surface area contributed by atoms with Gasteiger partial charge in [0.05, 0.1) is 24.9 Å². The molecule has 1 aliphatic rings. The number of para-hydroxylation sites is 1. The highest BCUT2D eigenvalue weighted by Crippen LogP contribution is 2.27. The van der Waals surface area contributed by atoms with Gasteiger partial charge < -0.3 is 19.3 Å². The third-order valence-corrected chi connectivity index (χ3v) is 4.86. The van der Waals surface area contributed by atoms with Crippen molar-refractivity contribution in [2.75, 3.05) is 13.7 Å². The van der Waals surface area contributed by atoms with Gasteiger partial charge in [-0.1, -0.05) is 17.3 Å². The molecule has 1 amide bonds. The number of carbonyl (C=O) groups is 2. The number of methoxy groups -OCH3 is 1. The predicted octanol–water partition coefficient (Wildman–Crippen LogP) is 1.68. The molecule has 0 aliphatic carbocycles. The molecule has 0 saturated heterocycles. The third kappa shape index (κ3) is 3.68. The lowest BCUT2D eigenvalue weighted by molar-refractivity contribution is -0.132. The first kappa shape index (κ1) is 18.7. The van der Waals surface area contributed by atoms with Gasteiger partial charge in [-0.3, -0.25) is 9.89 Å². The van der Waals surface area contributed by atoms with Crippen LogP contribution in [0.2, 0.25) is 0 Å². The number of aryl methyl sites for hydroxylation is 1. The van der Waals surface area contributed by atoms with Crippen molar-refractivity contribution in [2.24, 2.45) is 0 Å². The van der Waals surface area contributed by atoms with Gasteiger partial charge in [0.2, 0.25) is 17.6 Å². The van der Waals surface area contributed by atoms with Gasteiger partial charge in [0.25, 0.3) is 0 Å². The number of H-pyrrole nitrogens is 1. The number of ether oxygens (including phenoxy) is 1. The van der Waals surface area contributed by atoms with Gasteiger partial charge in [0.1, 0.15) is 5.75 Å². The SMILES string of the molecule is COc1ccccc1-c1noc(CCC(=O)N2CCc3c(C(=O)O)n[nH]c3C2)n1. The fourth-order valence-corrected chi connectivity index (χ4v) is 3.37. The van der Waals surface area contributed by atoms with Crippen molar-refractivity contribution in [3.05, 3.63) is 47.1 Å². The van der Waals surface area contributed by atoms with Gasteiger partial charge in [-0.2, -0.15) is 10.1 Å². The molecule has 10 nitrogen and oxygen atoms in total. The summed E-state index contributed by atoms with van der Waals surface area (Å²) >= 11 is 0. The Kier molecular flexibility index (Phi) is 4.98. The first-order valence-electron chi connectivity index (χ1n) is 9.10. The van der Waals surface area contributed by atoms with Crippen LogP contribution in [-0.2, 0) is 24.2 Å². The van der Waals surface area contributed by atoms with E-state index in [0.29, 0.717) is 60.2 Å². The topological polar surface area (TPSA) is 134 Å². The number of aromatic nitrogens is 4. The number of carboxylic acids is 1. The van der Waals surface area contributed by atoms with Crippen molar-refractivity contribution >= 4 is 11.9 Å². The van der Waals surface area contributed by atoms with E-state index in [4.69, 9.17) is 14.4 Å². The van der Waals surface area contributed by atoms with Gasteiger partial charge in [0.15, 0.2) is 5.69 Å². The van der Waals surface area contributed by atoms with E-state index in [1.165, 1.54) is 0 Å². The second kappa shape index (κ2) is 7.74. The minimum Gasteiger partial charge on any atom is -0.496 e. The van der Waals surface area contributed by atoms with Gasteiger partial charge in [0, 0.05) is 24.9 Å². The average molecular weight is 397 g/mol. The van der Waals surface area contributed by atoms with E-state index in [2.05, 4.69) is 20.3 Å². The van der Waals surface area contributed by atoms with Crippen molar-refractivity contribution in [1.82, 2.24) is 25.2 Å². The Labute approximate surface area is 165 Å². The molecule has 150 valence electrons. The molecule has 0 bridgehead atoms. The fraction of sp³-hybridized carbons (Fsp3) is 0.316. The number of hydrogen-bond acceptors (Lipinski definition) is 7. The van der Waals surface area contributed by atoms with Gasteiger partial charge in [-0.05, 0) is 18.6 Å². The highest BCUT2D eigenvalue weighted by atomic mass is 16.5. The summed E-state index contributed by atoms with van der Waals surface area (Å²) in [7, 11) is 1.57. The Balaban J connectivity index is 1.38. The zero-order valence-corrected chi connectivity index (χ0v) is 15.7. The second-order valence-electron chi connectivity index (χ2n) is 6.61. The van der Waals surface area contributed by atoms with Crippen LogP contribution in [0, 0.1) is 0 Å². The minimum atomic E-state index is -1.07. The maximum Gasteiger partial charge on any atom is 0.356 e. The summed E-state index contributed by atoms with van der Waals surface area (Å²) in [6.07, 6.45) is 0.980. The molecule has 3 heterocycles. The molecule has 0 fully saturated rings. The van der Waals surface area contributed by atoms with E-state index in [0.717, 1.165) is 0 Å². The number of amides is 1. The standard InChI is InChI=1S/C19H19N5O5/c1-28-14-5-3-2-4-12(14)18-20-15(29-23-18)6-7-16(25)24-9-8-11-13(10-24)21-22-17(11)19(26)27/h2-5H,6-10H2,1H3,(H,21,22)(H,26,27). The molecule has 4 rings (SSSR count). The van der Waals surface area contributed by atoms with Crippen LogP contribution in [0.1, 0.15) is 34.1 Å². The van der Waals surface area contributed by atoms with E-state index in [1.807, 2.05) is 24.3 Å². The Bertz CT molecular complexity index is 1060. The maximum absolute atomic E-state index is 12.6. The molecule has 0 atom stereocenters. The number of carbonyl (C=O) groups excluding carboxylic acids is 1. The summed E-state index contributed by atoms with van der Waals surface area (Å²) < 4.78 is 10.6. The van der Waals surface area contributed by atoms with Crippen LogP contribution < -0.4 is 4.74 Å². The molecule has 29 heavy (non-hydrogen) atoms. The molecule has 0 unspecified atom stereocenters. The summed E-state index contributed by atoms with van der Waals surface area (Å²) in [6, 6.07) is 7.35. The predicted molar refractivity (Wildman–Crippen MR) is 99.3 cm³/mol. The van der Waals surface area contributed by atoms with Crippen LogP contribution in [0.15, 0.2) is 28.8 Å². The normalized spacial score (nSPS) is 13.2. The van der Waals surface area contributed by atoms with Crippen LogP contribution in [0.3, 0.4) is 0 Å². The summed E-state index contributed by atoms with van der Waals surface area (Å²) in [5.41, 5.74) is 2.08. The van der Waals surface area contributed by atoms with E-state index >= 15 is 0 Å². The molecule has 0 radical (unpaired) electrons. The summed E-state index contributed by atoms with van der Waals surface area (Å²) in [5.74, 6) is 0.279. The number of aromatic carboxylic acids is 1. The van der Waals surface area contributed by atoms with Gasteiger partial charge in [-0.25, -0.2) is 4.79 Å². The van der Waals surface area contributed by atoms with E-state index in [-0.39, 0.29) is 18.0 Å². The Morgan fingerprint density at radius 3 is 2.97 bits per heavy atom. The smallest absolute Gasteiger partial charge is 0.356 e. The van der Waals surface area contributed by atoms with Gasteiger partial charge >= 0.3 is 5.97 Å². The summed E-state index contributed by atoms with van der Waals surface area (Å²) in [5, 5.41) is 19.7. The Morgan fingerprint density at radius 1 is 1.34 bits per heavy atom. The Hall–Kier alpha value is -3.69. The molecular weight excluding hydrogens is 378 g/mol. The lowest BCUT2D eigenvalue weighted by Gasteiger charge is -2.26. The highest BCUT2D eigenvalue weighted by molar-refractivity contribution is 5.87. The average Bonchev–Trinajstić information content (AvgIpc) is 3.38. The minimum absolute atomic E-state index is 0.0295. The first-order chi connectivity index (χ1) is 14.1. The lowest BCUT2D eigenvalue weighted by Crippen LogP contribution is -2.36. The van der Waals surface area contributed by atoms with Crippen LogP contribution in [0.5, 0.6) is 5.75 Å². The zero-order valence-electron chi connectivity index (χ0n) is 15.7. The molecule has 3 aromatic rings. The monoisotopic (exact) mass is 397 g/mol. The molecule has 2 N–H and O–H groups in total. The van der Waals surface area contributed by atoms with Crippen molar-refractivity contribution in [2.45, 2.75) is 25.8 Å². The number of nitrogens with one attached hydrogen (secondary N) is 1. The largest absolute Gasteiger partial charge is 0.496 e. The highest BCUT2D eigenvalue weighted by Gasteiger charge is 2.27. The molecule has 0 spiro atoms. The molecule has 1 aliphatic heterocycles. The van der Waals surface area contributed by atoms with Gasteiger partial charge in [-0.15, -0.1) is 0 Å². The number of benzene rings is 1. The number of hydrogen-bond donors (Lipinski definition) is 2. The molecule has 0 saturated carbocycles. The Morgan fingerprint density at radius 2 is 2.17 bits per heavy atom. The van der Waals surface area contributed by atoms with Crippen LogP contribution in [-0.4, -0.2) is 55.9 Å². The number of carboxylic acid groups (broad SMARTS) is 1. The van der Waals surface area contributed by atoms with Crippen molar-refractivity contribution < 1.29 is 24.0 Å². The first-order valence-corrected chi connectivity index (χ1v) is 9.10. The number of aromatic amines is 1. The summed E-state index contributed by atoms with van der Waals surface area (Å²) in [4.78, 5) is 29.7. The lowest BCUT2D eigenvalue weighted by atomic mass is 10.0. The van der Waals surface area contributed by atoms with Crippen molar-refractivity contribution in [3.63, 3.8) is 0 Å². The summed E-state index contributed by atoms with van der Waals surface area (Å²) in [6.45, 7) is 0.757. The number of rotatable bonds is 6. The molecule has 2 aromatic heterocycles. The maximum atomic E-state index is 12.6. The molecular formula is C19H19N5O5. The van der Waals surface area contributed by atoms with Crippen LogP contribution in [0.25, 0.3) is 11.4 Å². The number of nitrogens with zero attached hydrogens (tertiary/aromatic N) is 4.